The van der Waals surface area contributed by atoms with Crippen molar-refractivity contribution in [3.63, 3.8) is 0 Å². The number of rotatable bonds is 6. The molecule has 2 heteroatoms. The molecule has 0 radical (unpaired) electrons. The standard InChI is InChI=1S/C58H37NO/c1-2-12-38(13-3-1)40-22-24-41(25-23-40)42-26-30-45(31-27-42)59(46-32-28-39-14-4-5-15-43(39)36-46)54-20-10-8-16-47(54)44-29-33-49-48-17-6-7-18-50(48)57-51(53(49)37-44)34-35-56-58(57)52-19-9-11-21-55(52)60-56/h1-37H. The van der Waals surface area contributed by atoms with E-state index in [1.807, 2.05) is 6.07 Å². The molecule has 0 N–H and O–H groups in total. The van der Waals surface area contributed by atoms with Crippen LogP contribution in [0.25, 0.3) is 98.4 Å². The lowest BCUT2D eigenvalue weighted by molar-refractivity contribution is 0.669. The van der Waals surface area contributed by atoms with Gasteiger partial charge in [-0.15, -0.1) is 0 Å². The first-order valence-electron chi connectivity index (χ1n) is 20.6. The Morgan fingerprint density at radius 3 is 1.63 bits per heavy atom. The Balaban J connectivity index is 1.03. The second-order valence-corrected chi connectivity index (χ2v) is 15.6. The lowest BCUT2D eigenvalue weighted by Crippen LogP contribution is -2.11. The van der Waals surface area contributed by atoms with E-state index in [4.69, 9.17) is 4.42 Å². The monoisotopic (exact) mass is 763 g/mol. The fourth-order valence-corrected chi connectivity index (χ4v) is 9.37. The molecule has 0 atom stereocenters. The molecule has 2 nitrogen and oxygen atoms in total. The normalized spacial score (nSPS) is 11.7. The van der Waals surface area contributed by atoms with Gasteiger partial charge in [0, 0.05) is 33.1 Å². The summed E-state index contributed by atoms with van der Waals surface area (Å²) in [6.07, 6.45) is 0. The molecule has 0 aliphatic rings. The van der Waals surface area contributed by atoms with Gasteiger partial charge in [-0.3, -0.25) is 0 Å². The Labute approximate surface area is 347 Å². The van der Waals surface area contributed by atoms with Crippen LogP contribution in [0.2, 0.25) is 0 Å². The Hall–Kier alpha value is -7.94. The summed E-state index contributed by atoms with van der Waals surface area (Å²) in [5, 5.41) is 12.1. The zero-order valence-electron chi connectivity index (χ0n) is 32.7. The van der Waals surface area contributed by atoms with Crippen molar-refractivity contribution < 1.29 is 4.42 Å². The summed E-state index contributed by atoms with van der Waals surface area (Å²) in [6, 6.07) is 81.3. The Morgan fingerprint density at radius 2 is 0.833 bits per heavy atom. The predicted octanol–water partition coefficient (Wildman–Crippen LogP) is 16.7. The van der Waals surface area contributed by atoms with Crippen LogP contribution < -0.4 is 4.90 Å². The maximum Gasteiger partial charge on any atom is 0.136 e. The topological polar surface area (TPSA) is 16.4 Å². The van der Waals surface area contributed by atoms with Gasteiger partial charge in [0.1, 0.15) is 11.2 Å². The van der Waals surface area contributed by atoms with Crippen molar-refractivity contribution in [3.05, 3.63) is 224 Å². The Kier molecular flexibility index (Phi) is 7.89. The Bertz CT molecular complexity index is 3580. The Morgan fingerprint density at radius 1 is 0.283 bits per heavy atom. The van der Waals surface area contributed by atoms with Crippen molar-refractivity contribution in [2.45, 2.75) is 0 Å². The second kappa shape index (κ2) is 13.9. The van der Waals surface area contributed by atoms with E-state index in [0.717, 1.165) is 44.7 Å². The van der Waals surface area contributed by atoms with Gasteiger partial charge in [-0.25, -0.2) is 0 Å². The summed E-state index contributed by atoms with van der Waals surface area (Å²) in [5.74, 6) is 0. The summed E-state index contributed by atoms with van der Waals surface area (Å²) >= 11 is 0. The van der Waals surface area contributed by atoms with E-state index >= 15 is 0 Å². The molecule has 11 aromatic carbocycles. The van der Waals surface area contributed by atoms with Crippen LogP contribution in [-0.2, 0) is 0 Å². The summed E-state index contributed by atoms with van der Waals surface area (Å²) in [7, 11) is 0. The second-order valence-electron chi connectivity index (χ2n) is 15.6. The maximum atomic E-state index is 6.42. The number of anilines is 3. The van der Waals surface area contributed by atoms with E-state index < -0.39 is 0 Å². The van der Waals surface area contributed by atoms with Crippen LogP contribution in [0.4, 0.5) is 17.1 Å². The highest BCUT2D eigenvalue weighted by atomic mass is 16.3. The van der Waals surface area contributed by atoms with Crippen molar-refractivity contribution in [1.82, 2.24) is 0 Å². The third kappa shape index (κ3) is 5.57. The quantitative estimate of drug-likeness (QED) is 0.157. The van der Waals surface area contributed by atoms with Gasteiger partial charge >= 0.3 is 0 Å². The summed E-state index contributed by atoms with van der Waals surface area (Å²) in [6.45, 7) is 0. The van der Waals surface area contributed by atoms with Crippen LogP contribution >= 0.6 is 0 Å². The predicted molar refractivity (Wildman–Crippen MR) is 255 cm³/mol. The molecule has 0 bridgehead atoms. The number of hydrogen-bond acceptors (Lipinski definition) is 2. The number of nitrogens with zero attached hydrogens (tertiary/aromatic N) is 1. The molecule has 0 aliphatic heterocycles. The van der Waals surface area contributed by atoms with E-state index in [-0.39, 0.29) is 0 Å². The molecule has 12 rings (SSSR count). The van der Waals surface area contributed by atoms with Crippen molar-refractivity contribution in [3.8, 4) is 33.4 Å². The fraction of sp³-hybridized carbons (Fsp3) is 0. The van der Waals surface area contributed by atoms with Gasteiger partial charge in [0.25, 0.3) is 0 Å². The molecule has 280 valence electrons. The molecular weight excluding hydrogens is 727 g/mol. The zero-order valence-corrected chi connectivity index (χ0v) is 32.7. The average Bonchev–Trinajstić information content (AvgIpc) is 3.71. The lowest BCUT2D eigenvalue weighted by Gasteiger charge is -2.28. The van der Waals surface area contributed by atoms with Gasteiger partial charge < -0.3 is 9.32 Å². The van der Waals surface area contributed by atoms with E-state index in [1.165, 1.54) is 70.7 Å². The van der Waals surface area contributed by atoms with Gasteiger partial charge in [-0.2, -0.15) is 0 Å². The third-order valence-corrected chi connectivity index (χ3v) is 12.2. The minimum Gasteiger partial charge on any atom is -0.456 e. The van der Waals surface area contributed by atoms with Crippen molar-refractivity contribution in [1.29, 1.82) is 0 Å². The van der Waals surface area contributed by atoms with Gasteiger partial charge in [-0.1, -0.05) is 170 Å². The van der Waals surface area contributed by atoms with Crippen LogP contribution in [0.3, 0.4) is 0 Å². The average molecular weight is 764 g/mol. The van der Waals surface area contributed by atoms with Crippen LogP contribution in [0.5, 0.6) is 0 Å². The van der Waals surface area contributed by atoms with Crippen LogP contribution in [-0.4, -0.2) is 0 Å². The van der Waals surface area contributed by atoms with E-state index in [1.54, 1.807) is 0 Å². The lowest BCUT2D eigenvalue weighted by atomic mass is 9.90. The van der Waals surface area contributed by atoms with Crippen LogP contribution in [0.1, 0.15) is 0 Å². The van der Waals surface area contributed by atoms with Crippen molar-refractivity contribution >= 4 is 82.1 Å². The molecule has 1 heterocycles. The highest BCUT2D eigenvalue weighted by molar-refractivity contribution is 6.34. The molecule has 0 amide bonds. The molecule has 0 fully saturated rings. The molecule has 0 saturated heterocycles. The zero-order chi connectivity index (χ0) is 39.6. The number of para-hydroxylation sites is 2. The van der Waals surface area contributed by atoms with Gasteiger partial charge in [-0.05, 0) is 120 Å². The molecular formula is C58H37NO. The summed E-state index contributed by atoms with van der Waals surface area (Å²) in [4.78, 5) is 2.41. The van der Waals surface area contributed by atoms with Gasteiger partial charge in [0.05, 0.1) is 5.69 Å². The van der Waals surface area contributed by atoms with Crippen LogP contribution in [0, 0.1) is 0 Å². The summed E-state index contributed by atoms with van der Waals surface area (Å²) in [5.41, 5.74) is 12.3. The first kappa shape index (κ1) is 34.1. The summed E-state index contributed by atoms with van der Waals surface area (Å²) < 4.78 is 6.42. The van der Waals surface area contributed by atoms with Crippen LogP contribution in [0.15, 0.2) is 229 Å². The molecule has 0 saturated carbocycles. The molecule has 12 aromatic rings. The first-order chi connectivity index (χ1) is 29.7. The number of hydrogen-bond donors (Lipinski definition) is 0. The SMILES string of the molecule is c1ccc(-c2ccc(-c3ccc(N(c4ccc5ccccc5c4)c4ccccc4-c4ccc5c6ccccc6c6c(ccc7oc8ccccc8c76)c5c4)cc3)cc2)cc1. The number of furan rings is 1. The highest BCUT2D eigenvalue weighted by Crippen LogP contribution is 2.46. The number of benzene rings is 11. The molecule has 0 unspecified atom stereocenters. The largest absolute Gasteiger partial charge is 0.456 e. The minimum atomic E-state index is 0.912. The number of fused-ring (bicyclic) bond motifs is 11. The first-order valence-corrected chi connectivity index (χ1v) is 20.6. The maximum absolute atomic E-state index is 6.42. The van der Waals surface area contributed by atoms with Gasteiger partial charge in [0.2, 0.25) is 0 Å². The minimum absolute atomic E-state index is 0.912. The van der Waals surface area contributed by atoms with Crippen molar-refractivity contribution in [2.75, 3.05) is 4.90 Å². The fourth-order valence-electron chi connectivity index (χ4n) is 9.37. The van der Waals surface area contributed by atoms with Gasteiger partial charge in [0.15, 0.2) is 0 Å². The van der Waals surface area contributed by atoms with E-state index in [2.05, 4.69) is 223 Å². The van der Waals surface area contributed by atoms with E-state index in [9.17, 15) is 0 Å². The van der Waals surface area contributed by atoms with Crippen molar-refractivity contribution in [2.24, 2.45) is 0 Å². The molecule has 0 spiro atoms. The molecule has 0 aliphatic carbocycles. The van der Waals surface area contributed by atoms with E-state index in [0.29, 0.717) is 0 Å². The highest BCUT2D eigenvalue weighted by Gasteiger charge is 2.20. The molecule has 60 heavy (non-hydrogen) atoms. The smallest absolute Gasteiger partial charge is 0.136 e. The molecule has 1 aromatic heterocycles. The third-order valence-electron chi connectivity index (χ3n) is 12.2.